The molecule has 0 aliphatic carbocycles. The van der Waals surface area contributed by atoms with E-state index in [1.54, 1.807) is 0 Å². The molecule has 0 aliphatic rings. The van der Waals surface area contributed by atoms with E-state index in [9.17, 15) is 13.2 Å². The Balaban J connectivity index is 3.53. The highest BCUT2D eigenvalue weighted by atomic mass is 32.2. The Hall–Kier alpha value is -0.620. The van der Waals surface area contributed by atoms with Crippen molar-refractivity contribution in [2.45, 2.75) is 12.8 Å². The molecule has 78 valence electrons. The maximum Gasteiger partial charge on any atom is 0.221 e. The van der Waals surface area contributed by atoms with Crippen LogP contribution in [-0.2, 0) is 14.6 Å². The number of nitrogens with one attached hydrogen (secondary N) is 1. The molecule has 0 aromatic carbocycles. The number of hydrogen-bond donors (Lipinski definition) is 2. The molecular formula is C7H16N2O3S. The highest BCUT2D eigenvalue weighted by Crippen LogP contribution is 1.88. The molecule has 0 spiro atoms. The molecule has 0 aromatic rings. The molecule has 3 N–H and O–H groups in total. The molecule has 13 heavy (non-hydrogen) atoms. The van der Waals surface area contributed by atoms with Crippen LogP contribution in [0.3, 0.4) is 0 Å². The number of sulfone groups is 1. The van der Waals surface area contributed by atoms with E-state index >= 15 is 0 Å². The van der Waals surface area contributed by atoms with Gasteiger partial charge in [-0.1, -0.05) is 0 Å². The Morgan fingerprint density at radius 2 is 2.08 bits per heavy atom. The van der Waals surface area contributed by atoms with Crippen molar-refractivity contribution in [1.29, 1.82) is 0 Å². The van der Waals surface area contributed by atoms with E-state index < -0.39 is 9.84 Å². The van der Waals surface area contributed by atoms with Crippen LogP contribution in [0, 0.1) is 0 Å². The Morgan fingerprint density at radius 1 is 1.46 bits per heavy atom. The third-order valence-corrected chi connectivity index (χ3v) is 2.35. The molecule has 0 atom stereocenters. The quantitative estimate of drug-likeness (QED) is 0.541. The topological polar surface area (TPSA) is 89.3 Å². The number of rotatable bonds is 6. The number of nitrogens with two attached hydrogens (primary N) is 1. The summed E-state index contributed by atoms with van der Waals surface area (Å²) in [4.78, 5) is 10.9. The molecule has 1 amide bonds. The molecule has 0 fully saturated rings. The molecule has 5 nitrogen and oxygen atoms in total. The normalized spacial score (nSPS) is 11.2. The van der Waals surface area contributed by atoms with E-state index in [1.807, 2.05) is 0 Å². The summed E-state index contributed by atoms with van der Waals surface area (Å²) in [5.41, 5.74) is 5.21. The lowest BCUT2D eigenvalue weighted by Crippen LogP contribution is -2.27. The van der Waals surface area contributed by atoms with Crippen molar-refractivity contribution in [2.75, 3.05) is 25.1 Å². The summed E-state index contributed by atoms with van der Waals surface area (Å²) >= 11 is 0. The minimum Gasteiger partial charge on any atom is -0.356 e. The van der Waals surface area contributed by atoms with Gasteiger partial charge in [-0.2, -0.15) is 0 Å². The van der Waals surface area contributed by atoms with Gasteiger partial charge in [0.25, 0.3) is 0 Å². The molecule has 0 aliphatic heterocycles. The highest BCUT2D eigenvalue weighted by Gasteiger charge is 2.06. The lowest BCUT2D eigenvalue weighted by atomic mass is 10.4. The maximum absolute atomic E-state index is 10.9. The lowest BCUT2D eigenvalue weighted by Gasteiger charge is -2.02. The first-order chi connectivity index (χ1) is 5.95. The second-order valence-electron chi connectivity index (χ2n) is 2.87. The fraction of sp³-hybridized carbons (Fsp3) is 0.857. The van der Waals surface area contributed by atoms with Crippen molar-refractivity contribution in [1.82, 2.24) is 5.32 Å². The van der Waals surface area contributed by atoms with Crippen molar-refractivity contribution in [3.05, 3.63) is 0 Å². The third-order valence-electron chi connectivity index (χ3n) is 1.40. The molecule has 0 aromatic heterocycles. The summed E-state index contributed by atoms with van der Waals surface area (Å²) < 4.78 is 21.3. The molecule has 0 heterocycles. The average molecular weight is 208 g/mol. The van der Waals surface area contributed by atoms with E-state index in [0.29, 0.717) is 19.5 Å². The Kier molecular flexibility index (Phi) is 5.65. The van der Waals surface area contributed by atoms with Crippen LogP contribution in [0.1, 0.15) is 12.8 Å². The number of hydrogen-bond acceptors (Lipinski definition) is 4. The first-order valence-electron chi connectivity index (χ1n) is 4.10. The largest absolute Gasteiger partial charge is 0.356 e. The predicted molar refractivity (Wildman–Crippen MR) is 51.0 cm³/mol. The van der Waals surface area contributed by atoms with Gasteiger partial charge in [0.05, 0.1) is 5.75 Å². The summed E-state index contributed by atoms with van der Waals surface area (Å²) in [6.45, 7) is 1.03. The van der Waals surface area contributed by atoms with Gasteiger partial charge in [0.2, 0.25) is 5.91 Å². The Bertz CT molecular complexity index is 248. The first-order valence-corrected chi connectivity index (χ1v) is 6.16. The predicted octanol–water partition coefficient (Wildman–Crippen LogP) is -1.11. The van der Waals surface area contributed by atoms with Gasteiger partial charge in [0, 0.05) is 19.2 Å². The minimum absolute atomic E-state index is 0.0312. The molecule has 6 heteroatoms. The van der Waals surface area contributed by atoms with Crippen LogP contribution >= 0.6 is 0 Å². The van der Waals surface area contributed by atoms with Crippen molar-refractivity contribution >= 4 is 15.7 Å². The Morgan fingerprint density at radius 3 is 2.54 bits per heavy atom. The summed E-state index contributed by atoms with van der Waals surface area (Å²) in [6.07, 6.45) is 1.86. The standard InChI is InChI=1S/C7H16N2O3S/c1-13(11,12)6-3-7(10)9-5-2-4-8/h2-6,8H2,1H3,(H,9,10). The van der Waals surface area contributed by atoms with E-state index in [1.165, 1.54) is 0 Å². The number of carbonyl (C=O) groups is 1. The molecule has 0 rings (SSSR count). The van der Waals surface area contributed by atoms with Crippen molar-refractivity contribution < 1.29 is 13.2 Å². The van der Waals surface area contributed by atoms with E-state index in [2.05, 4.69) is 5.32 Å². The summed E-state index contributed by atoms with van der Waals surface area (Å²) in [7, 11) is -3.04. The minimum atomic E-state index is -3.04. The smallest absolute Gasteiger partial charge is 0.221 e. The number of amides is 1. The van der Waals surface area contributed by atoms with Crippen LogP contribution in [0.2, 0.25) is 0 Å². The van der Waals surface area contributed by atoms with Crippen LogP contribution < -0.4 is 11.1 Å². The molecule has 0 saturated carbocycles. The second kappa shape index (κ2) is 5.93. The monoisotopic (exact) mass is 208 g/mol. The first kappa shape index (κ1) is 12.4. The molecular weight excluding hydrogens is 192 g/mol. The van der Waals surface area contributed by atoms with Gasteiger partial charge in [0.1, 0.15) is 9.84 Å². The van der Waals surface area contributed by atoms with Crippen LogP contribution in [0.5, 0.6) is 0 Å². The van der Waals surface area contributed by atoms with Gasteiger partial charge in [-0.3, -0.25) is 4.79 Å². The lowest BCUT2D eigenvalue weighted by molar-refractivity contribution is -0.120. The van der Waals surface area contributed by atoms with Crippen LogP contribution in [-0.4, -0.2) is 39.4 Å². The van der Waals surface area contributed by atoms with E-state index in [4.69, 9.17) is 5.73 Å². The molecule has 0 bridgehead atoms. The summed E-state index contributed by atoms with van der Waals surface area (Å²) in [5.74, 6) is -0.333. The van der Waals surface area contributed by atoms with Gasteiger partial charge < -0.3 is 11.1 Å². The zero-order chi connectivity index (χ0) is 10.3. The van der Waals surface area contributed by atoms with Crippen molar-refractivity contribution in [2.24, 2.45) is 5.73 Å². The summed E-state index contributed by atoms with van der Waals surface area (Å²) in [5, 5.41) is 2.57. The maximum atomic E-state index is 10.9. The van der Waals surface area contributed by atoms with Crippen LogP contribution in [0.4, 0.5) is 0 Å². The van der Waals surface area contributed by atoms with Gasteiger partial charge in [0.15, 0.2) is 0 Å². The molecule has 0 unspecified atom stereocenters. The van der Waals surface area contributed by atoms with Crippen molar-refractivity contribution in [3.63, 3.8) is 0 Å². The van der Waals surface area contributed by atoms with E-state index in [-0.39, 0.29) is 18.1 Å². The van der Waals surface area contributed by atoms with Crippen LogP contribution in [0.15, 0.2) is 0 Å². The van der Waals surface area contributed by atoms with E-state index in [0.717, 1.165) is 6.26 Å². The summed E-state index contributed by atoms with van der Waals surface area (Å²) in [6, 6.07) is 0. The molecule has 0 radical (unpaired) electrons. The van der Waals surface area contributed by atoms with Gasteiger partial charge in [-0.25, -0.2) is 8.42 Å². The van der Waals surface area contributed by atoms with Gasteiger partial charge >= 0.3 is 0 Å². The Labute approximate surface area is 78.6 Å². The highest BCUT2D eigenvalue weighted by molar-refractivity contribution is 7.90. The van der Waals surface area contributed by atoms with Gasteiger partial charge in [-0.05, 0) is 13.0 Å². The third kappa shape index (κ3) is 9.29. The zero-order valence-electron chi connectivity index (χ0n) is 7.75. The fourth-order valence-corrected chi connectivity index (χ4v) is 1.25. The SMILES string of the molecule is CS(=O)(=O)CCC(=O)NCCCN. The van der Waals surface area contributed by atoms with Crippen LogP contribution in [0.25, 0.3) is 0 Å². The zero-order valence-corrected chi connectivity index (χ0v) is 8.56. The fourth-order valence-electron chi connectivity index (χ4n) is 0.696. The van der Waals surface area contributed by atoms with Crippen molar-refractivity contribution in [3.8, 4) is 0 Å². The number of carbonyl (C=O) groups excluding carboxylic acids is 1. The second-order valence-corrected chi connectivity index (χ2v) is 5.13. The molecule has 0 saturated heterocycles. The average Bonchev–Trinajstić information content (AvgIpc) is 2.00. The van der Waals surface area contributed by atoms with Gasteiger partial charge in [-0.15, -0.1) is 0 Å².